The van der Waals surface area contributed by atoms with Gasteiger partial charge in [-0.25, -0.2) is 0 Å². The third-order valence-corrected chi connectivity index (χ3v) is 15.4. The van der Waals surface area contributed by atoms with Crippen molar-refractivity contribution < 1.29 is 28.6 Å². The Morgan fingerprint density at radius 3 is 0.802 bits per heavy atom. The van der Waals surface area contributed by atoms with Crippen molar-refractivity contribution in [2.45, 2.75) is 361 Å². The molecular formula is C75H132O6. The van der Waals surface area contributed by atoms with Crippen molar-refractivity contribution >= 4 is 17.9 Å². The highest BCUT2D eigenvalue weighted by molar-refractivity contribution is 5.71. The van der Waals surface area contributed by atoms with E-state index in [0.29, 0.717) is 19.3 Å². The van der Waals surface area contributed by atoms with Crippen LogP contribution in [0, 0.1) is 0 Å². The summed E-state index contributed by atoms with van der Waals surface area (Å²) >= 11 is 0. The van der Waals surface area contributed by atoms with E-state index in [1.54, 1.807) is 0 Å². The van der Waals surface area contributed by atoms with E-state index >= 15 is 0 Å². The van der Waals surface area contributed by atoms with Gasteiger partial charge in [-0.2, -0.15) is 0 Å². The third kappa shape index (κ3) is 67.3. The van der Waals surface area contributed by atoms with Gasteiger partial charge in [0.15, 0.2) is 6.10 Å². The lowest BCUT2D eigenvalue weighted by molar-refractivity contribution is -0.167. The van der Waals surface area contributed by atoms with Crippen LogP contribution >= 0.6 is 0 Å². The third-order valence-electron chi connectivity index (χ3n) is 15.4. The Hall–Kier alpha value is -3.41. The largest absolute Gasteiger partial charge is 0.462 e. The van der Waals surface area contributed by atoms with Crippen LogP contribution in [0.3, 0.4) is 0 Å². The van der Waals surface area contributed by atoms with E-state index < -0.39 is 6.10 Å². The molecule has 0 heterocycles. The summed E-state index contributed by atoms with van der Waals surface area (Å²) in [7, 11) is 0. The molecule has 0 aromatic carbocycles. The number of hydrogen-bond acceptors (Lipinski definition) is 6. The molecule has 0 aliphatic carbocycles. The van der Waals surface area contributed by atoms with Crippen molar-refractivity contribution in [2.24, 2.45) is 0 Å². The molecule has 0 aliphatic heterocycles. The van der Waals surface area contributed by atoms with Crippen LogP contribution in [0.15, 0.2) is 85.1 Å². The van der Waals surface area contributed by atoms with Crippen LogP contribution < -0.4 is 0 Å². The van der Waals surface area contributed by atoms with Gasteiger partial charge < -0.3 is 14.2 Å². The predicted molar refractivity (Wildman–Crippen MR) is 353 cm³/mol. The standard InChI is InChI=1S/C75H132O6/c1-4-7-10-13-16-19-22-25-27-29-31-32-33-34-35-36-37-38-39-40-41-42-44-45-47-50-53-56-59-62-65-68-74(77)80-71-72(70-79-73(76)67-64-61-58-55-52-49-24-21-18-15-12-9-6-3)81-75(78)69-66-63-60-57-54-51-48-46-43-30-28-26-23-20-17-14-11-8-5-2/h7,10,12,15-16,19,21,24-25,27,31-32,34-35,72H,4-6,8-9,11,13-14,17-18,20,22-23,26,28-30,33,36-71H2,1-3H3/b10-7-,15-12-,19-16-,24-21-,27-25-,32-31-,35-34-. The van der Waals surface area contributed by atoms with Crippen molar-refractivity contribution in [1.82, 2.24) is 0 Å². The molecule has 0 saturated carbocycles. The van der Waals surface area contributed by atoms with Gasteiger partial charge in [0.25, 0.3) is 0 Å². The van der Waals surface area contributed by atoms with Crippen LogP contribution in [0.25, 0.3) is 0 Å². The second-order valence-corrected chi connectivity index (χ2v) is 23.4. The van der Waals surface area contributed by atoms with Crippen LogP contribution in [0.1, 0.15) is 355 Å². The van der Waals surface area contributed by atoms with Gasteiger partial charge in [-0.05, 0) is 89.9 Å². The minimum atomic E-state index is -0.780. The first-order valence-corrected chi connectivity index (χ1v) is 35.1. The SMILES string of the molecule is CC/C=C\C/C=C\C/C=C\C/C=C\C/C=C\CCCCCCCCCCCCCCCCCC(=O)OCC(COC(=O)CCCCCCC/C=C\C/C=C\CCC)OC(=O)CCCCCCCCCCCCCCCCCCCCC. The van der Waals surface area contributed by atoms with Crippen molar-refractivity contribution in [3.05, 3.63) is 85.1 Å². The first-order valence-electron chi connectivity index (χ1n) is 35.1. The predicted octanol–water partition coefficient (Wildman–Crippen LogP) is 24.2. The number of esters is 3. The molecule has 1 atom stereocenters. The normalized spacial score (nSPS) is 12.6. The molecule has 0 aliphatic rings. The Morgan fingerprint density at radius 2 is 0.506 bits per heavy atom. The maximum atomic E-state index is 12.9. The number of carbonyl (C=O) groups is 3. The first kappa shape index (κ1) is 77.6. The highest BCUT2D eigenvalue weighted by Gasteiger charge is 2.19. The fourth-order valence-corrected chi connectivity index (χ4v) is 10.2. The molecule has 0 aromatic heterocycles. The van der Waals surface area contributed by atoms with E-state index in [-0.39, 0.29) is 31.1 Å². The van der Waals surface area contributed by atoms with Crippen molar-refractivity contribution in [2.75, 3.05) is 13.2 Å². The smallest absolute Gasteiger partial charge is 0.306 e. The Kier molecular flexibility index (Phi) is 66.2. The summed E-state index contributed by atoms with van der Waals surface area (Å²) in [5.74, 6) is -0.871. The maximum Gasteiger partial charge on any atom is 0.306 e. The van der Waals surface area contributed by atoms with Gasteiger partial charge in [-0.3, -0.25) is 14.4 Å². The molecule has 468 valence electrons. The van der Waals surface area contributed by atoms with Gasteiger partial charge >= 0.3 is 17.9 Å². The van der Waals surface area contributed by atoms with Crippen LogP contribution in [0.4, 0.5) is 0 Å². The number of unbranched alkanes of at least 4 members (excludes halogenated alkanes) is 39. The van der Waals surface area contributed by atoms with Gasteiger partial charge in [-0.1, -0.05) is 331 Å². The summed E-state index contributed by atoms with van der Waals surface area (Å²) in [5, 5.41) is 0. The van der Waals surface area contributed by atoms with Crippen LogP contribution in [-0.2, 0) is 28.6 Å². The summed E-state index contributed by atoms with van der Waals surface area (Å²) in [6.07, 6.45) is 91.8. The molecule has 0 aromatic rings. The zero-order valence-electron chi connectivity index (χ0n) is 53.8. The van der Waals surface area contributed by atoms with Gasteiger partial charge in [0.05, 0.1) is 0 Å². The van der Waals surface area contributed by atoms with Gasteiger partial charge in [0.2, 0.25) is 0 Å². The summed E-state index contributed by atoms with van der Waals surface area (Å²) in [4.78, 5) is 38.4. The molecule has 81 heavy (non-hydrogen) atoms. The minimum Gasteiger partial charge on any atom is -0.462 e. The molecule has 1 unspecified atom stereocenters. The maximum absolute atomic E-state index is 12.9. The Labute approximate surface area is 503 Å². The number of carbonyl (C=O) groups excluding carboxylic acids is 3. The lowest BCUT2D eigenvalue weighted by Crippen LogP contribution is -2.30. The highest BCUT2D eigenvalue weighted by atomic mass is 16.6. The molecular weight excluding hydrogens is 997 g/mol. The van der Waals surface area contributed by atoms with E-state index in [4.69, 9.17) is 14.2 Å². The molecule has 0 bridgehead atoms. The zero-order valence-corrected chi connectivity index (χ0v) is 53.8. The molecule has 6 nitrogen and oxygen atoms in total. The lowest BCUT2D eigenvalue weighted by Gasteiger charge is -2.18. The fraction of sp³-hybridized carbons (Fsp3) is 0.773. The number of hydrogen-bond donors (Lipinski definition) is 0. The fourth-order valence-electron chi connectivity index (χ4n) is 10.2. The number of allylic oxidation sites excluding steroid dienone is 14. The first-order chi connectivity index (χ1) is 40.0. The summed E-state index contributed by atoms with van der Waals surface area (Å²) in [6.45, 7) is 6.50. The second kappa shape index (κ2) is 69.1. The average molecular weight is 1130 g/mol. The molecule has 0 fully saturated rings. The minimum absolute atomic E-state index is 0.0764. The Balaban J connectivity index is 4.21. The molecule has 6 heteroatoms. The van der Waals surface area contributed by atoms with E-state index in [1.807, 2.05) is 0 Å². The average Bonchev–Trinajstić information content (AvgIpc) is 3.46. The lowest BCUT2D eigenvalue weighted by atomic mass is 10.0. The number of ether oxygens (including phenoxy) is 3. The zero-order chi connectivity index (χ0) is 58.5. The van der Waals surface area contributed by atoms with Crippen molar-refractivity contribution in [3.63, 3.8) is 0 Å². The summed E-state index contributed by atoms with van der Waals surface area (Å²) in [6, 6.07) is 0. The Bertz CT molecular complexity index is 1530. The second-order valence-electron chi connectivity index (χ2n) is 23.4. The Morgan fingerprint density at radius 1 is 0.259 bits per heavy atom. The van der Waals surface area contributed by atoms with E-state index in [2.05, 4.69) is 106 Å². The molecule has 0 spiro atoms. The quantitative estimate of drug-likeness (QED) is 0.0261. The molecule has 0 saturated heterocycles. The van der Waals surface area contributed by atoms with E-state index in [0.717, 1.165) is 116 Å². The van der Waals surface area contributed by atoms with Crippen molar-refractivity contribution in [3.8, 4) is 0 Å². The highest BCUT2D eigenvalue weighted by Crippen LogP contribution is 2.18. The summed E-state index contributed by atoms with van der Waals surface area (Å²) in [5.41, 5.74) is 0. The van der Waals surface area contributed by atoms with Gasteiger partial charge in [-0.15, -0.1) is 0 Å². The molecule has 0 amide bonds. The number of rotatable bonds is 64. The monoisotopic (exact) mass is 1130 g/mol. The summed E-state index contributed by atoms with van der Waals surface area (Å²) < 4.78 is 17.0. The van der Waals surface area contributed by atoms with Gasteiger partial charge in [0, 0.05) is 19.3 Å². The molecule has 0 rings (SSSR count). The van der Waals surface area contributed by atoms with Crippen LogP contribution in [0.2, 0.25) is 0 Å². The van der Waals surface area contributed by atoms with Crippen LogP contribution in [-0.4, -0.2) is 37.2 Å². The molecule has 0 radical (unpaired) electrons. The van der Waals surface area contributed by atoms with E-state index in [9.17, 15) is 14.4 Å². The van der Waals surface area contributed by atoms with E-state index in [1.165, 1.54) is 199 Å². The van der Waals surface area contributed by atoms with Crippen molar-refractivity contribution in [1.29, 1.82) is 0 Å². The van der Waals surface area contributed by atoms with Gasteiger partial charge in [0.1, 0.15) is 13.2 Å². The molecule has 0 N–H and O–H groups in total. The topological polar surface area (TPSA) is 78.9 Å². The van der Waals surface area contributed by atoms with Crippen LogP contribution in [0.5, 0.6) is 0 Å².